The maximum atomic E-state index is 13.3. The highest BCUT2D eigenvalue weighted by Gasteiger charge is 2.40. The van der Waals surface area contributed by atoms with Crippen LogP contribution in [0.25, 0.3) is 0 Å². The van der Waals surface area contributed by atoms with E-state index in [-0.39, 0.29) is 6.42 Å². The molecule has 1 aromatic rings. The van der Waals surface area contributed by atoms with Crippen LogP contribution in [0.1, 0.15) is 25.7 Å². The van der Waals surface area contributed by atoms with Gasteiger partial charge in [-0.15, -0.1) is 0 Å². The number of halogens is 2. The molecule has 0 saturated heterocycles. The minimum absolute atomic E-state index is 0.102. The molecule has 1 aliphatic rings. The zero-order valence-corrected chi connectivity index (χ0v) is 12.2. The Morgan fingerprint density at radius 1 is 1.40 bits per heavy atom. The number of carboxylic acids is 1. The summed E-state index contributed by atoms with van der Waals surface area (Å²) in [5.74, 6) is -1.42. The number of carboxylic acid groups (broad SMARTS) is 1. The molecule has 0 radical (unpaired) electrons. The van der Waals surface area contributed by atoms with Crippen LogP contribution in [-0.4, -0.2) is 22.6 Å². The Hall–Kier alpha value is -1.63. The summed E-state index contributed by atoms with van der Waals surface area (Å²) in [4.78, 5) is 22.7. The van der Waals surface area contributed by atoms with Gasteiger partial charge in [-0.2, -0.15) is 0 Å². The Balaban J connectivity index is 1.97. The van der Waals surface area contributed by atoms with E-state index in [0.29, 0.717) is 23.0 Å². The Labute approximate surface area is 123 Å². The molecule has 108 valence electrons. The number of carbonyl (C=O) groups excluding carboxylic acids is 1. The summed E-state index contributed by atoms with van der Waals surface area (Å²) in [7, 11) is 0. The van der Waals surface area contributed by atoms with Crippen molar-refractivity contribution in [3.8, 4) is 0 Å². The number of hydrogen-bond donors (Lipinski definition) is 3. The van der Waals surface area contributed by atoms with Crippen LogP contribution in [0, 0.1) is 5.82 Å². The van der Waals surface area contributed by atoms with Crippen molar-refractivity contribution in [2.24, 2.45) is 0 Å². The van der Waals surface area contributed by atoms with Gasteiger partial charge in [0.15, 0.2) is 0 Å². The molecule has 0 unspecified atom stereocenters. The van der Waals surface area contributed by atoms with Gasteiger partial charge in [0, 0.05) is 5.69 Å². The number of aliphatic carboxylic acids is 1. The van der Waals surface area contributed by atoms with Gasteiger partial charge in [0.2, 0.25) is 0 Å². The molecular formula is C13H14BrFN2O3. The van der Waals surface area contributed by atoms with Crippen LogP contribution in [-0.2, 0) is 4.79 Å². The van der Waals surface area contributed by atoms with Crippen LogP contribution in [0.15, 0.2) is 22.7 Å². The molecule has 1 aromatic carbocycles. The minimum atomic E-state index is -0.945. The lowest BCUT2D eigenvalue weighted by atomic mass is 9.74. The molecule has 1 saturated carbocycles. The Morgan fingerprint density at radius 2 is 2.10 bits per heavy atom. The first kappa shape index (κ1) is 14.8. The number of carbonyl (C=O) groups is 2. The first-order chi connectivity index (χ1) is 9.40. The summed E-state index contributed by atoms with van der Waals surface area (Å²) in [6, 6.07) is 3.71. The van der Waals surface area contributed by atoms with Gasteiger partial charge in [-0.1, -0.05) is 0 Å². The molecule has 0 aliphatic heterocycles. The van der Waals surface area contributed by atoms with Gasteiger partial charge in [0.25, 0.3) is 0 Å². The Kier molecular flexibility index (Phi) is 4.27. The monoisotopic (exact) mass is 344 g/mol. The van der Waals surface area contributed by atoms with Gasteiger partial charge < -0.3 is 15.7 Å². The third-order valence-corrected chi connectivity index (χ3v) is 4.00. The van der Waals surface area contributed by atoms with Crippen molar-refractivity contribution in [2.75, 3.05) is 5.32 Å². The lowest BCUT2D eigenvalue weighted by Crippen LogP contribution is -2.55. The first-order valence-corrected chi connectivity index (χ1v) is 6.96. The van der Waals surface area contributed by atoms with E-state index in [1.54, 1.807) is 6.07 Å². The molecule has 3 N–H and O–H groups in total. The summed E-state index contributed by atoms with van der Waals surface area (Å²) >= 11 is 3.02. The largest absolute Gasteiger partial charge is 0.481 e. The van der Waals surface area contributed by atoms with Gasteiger partial charge >= 0.3 is 12.0 Å². The SMILES string of the molecule is O=C(O)CC1(NC(=O)Nc2ccc(Br)c(F)c2)CCC1. The van der Waals surface area contributed by atoms with Crippen molar-refractivity contribution in [1.82, 2.24) is 5.32 Å². The molecule has 0 aromatic heterocycles. The number of urea groups is 1. The molecule has 20 heavy (non-hydrogen) atoms. The van der Waals surface area contributed by atoms with Crippen molar-refractivity contribution in [3.05, 3.63) is 28.5 Å². The van der Waals surface area contributed by atoms with E-state index in [4.69, 9.17) is 5.11 Å². The summed E-state index contributed by atoms with van der Waals surface area (Å²) in [6.07, 6.45) is 2.07. The smallest absolute Gasteiger partial charge is 0.319 e. The Morgan fingerprint density at radius 3 is 2.60 bits per heavy atom. The third kappa shape index (κ3) is 3.47. The van der Waals surface area contributed by atoms with E-state index in [0.717, 1.165) is 6.42 Å². The molecule has 0 bridgehead atoms. The number of rotatable bonds is 4. The molecule has 0 spiro atoms. The molecule has 1 fully saturated rings. The molecule has 2 rings (SSSR count). The summed E-state index contributed by atoms with van der Waals surface area (Å²) < 4.78 is 13.6. The molecule has 0 heterocycles. The maximum Gasteiger partial charge on any atom is 0.319 e. The van der Waals surface area contributed by atoms with E-state index in [9.17, 15) is 14.0 Å². The molecule has 2 amide bonds. The zero-order chi connectivity index (χ0) is 14.8. The first-order valence-electron chi connectivity index (χ1n) is 6.16. The predicted octanol–water partition coefficient (Wildman–Crippen LogP) is 3.11. The number of anilines is 1. The van der Waals surface area contributed by atoms with Crippen LogP contribution < -0.4 is 10.6 Å². The van der Waals surface area contributed by atoms with Crippen molar-refractivity contribution in [2.45, 2.75) is 31.2 Å². The quantitative estimate of drug-likeness (QED) is 0.785. The van der Waals surface area contributed by atoms with Crippen molar-refractivity contribution in [3.63, 3.8) is 0 Å². The molecule has 5 nitrogen and oxygen atoms in total. The average molecular weight is 345 g/mol. The second-order valence-corrected chi connectivity index (χ2v) is 5.77. The van der Waals surface area contributed by atoms with Gasteiger partial charge in [0.1, 0.15) is 5.82 Å². The molecular weight excluding hydrogens is 331 g/mol. The number of hydrogen-bond acceptors (Lipinski definition) is 2. The second kappa shape index (κ2) is 5.78. The summed E-state index contributed by atoms with van der Waals surface area (Å²) in [6.45, 7) is 0. The van der Waals surface area contributed by atoms with Crippen LogP contribution in [0.4, 0.5) is 14.9 Å². The van der Waals surface area contributed by atoms with Gasteiger partial charge in [-0.3, -0.25) is 4.79 Å². The fraction of sp³-hybridized carbons (Fsp3) is 0.385. The predicted molar refractivity (Wildman–Crippen MR) is 75.1 cm³/mol. The lowest BCUT2D eigenvalue weighted by Gasteiger charge is -2.41. The zero-order valence-electron chi connectivity index (χ0n) is 10.6. The van der Waals surface area contributed by atoms with E-state index < -0.39 is 23.4 Å². The topological polar surface area (TPSA) is 78.4 Å². The highest BCUT2D eigenvalue weighted by atomic mass is 79.9. The van der Waals surface area contributed by atoms with Gasteiger partial charge in [-0.25, -0.2) is 9.18 Å². The van der Waals surface area contributed by atoms with Gasteiger partial charge in [-0.05, 0) is 53.4 Å². The number of benzene rings is 1. The van der Waals surface area contributed by atoms with Crippen molar-refractivity contribution in [1.29, 1.82) is 0 Å². The van der Waals surface area contributed by atoms with Crippen molar-refractivity contribution >= 4 is 33.6 Å². The maximum absolute atomic E-state index is 13.3. The average Bonchev–Trinajstić information content (AvgIpc) is 2.30. The highest BCUT2D eigenvalue weighted by molar-refractivity contribution is 9.10. The van der Waals surface area contributed by atoms with Crippen LogP contribution >= 0.6 is 15.9 Å². The Bertz CT molecular complexity index is 546. The van der Waals surface area contributed by atoms with E-state index in [1.165, 1.54) is 12.1 Å². The number of nitrogens with one attached hydrogen (secondary N) is 2. The lowest BCUT2D eigenvalue weighted by molar-refractivity contribution is -0.139. The van der Waals surface area contributed by atoms with E-state index >= 15 is 0 Å². The van der Waals surface area contributed by atoms with E-state index in [1.807, 2.05) is 0 Å². The molecule has 0 atom stereocenters. The van der Waals surface area contributed by atoms with Crippen molar-refractivity contribution < 1.29 is 19.1 Å². The van der Waals surface area contributed by atoms with Crippen LogP contribution in [0.3, 0.4) is 0 Å². The molecule has 7 heteroatoms. The fourth-order valence-corrected chi connectivity index (χ4v) is 2.46. The summed E-state index contributed by atoms with van der Waals surface area (Å²) in [5.41, 5.74) is -0.364. The molecule has 1 aliphatic carbocycles. The number of amides is 2. The van der Waals surface area contributed by atoms with Gasteiger partial charge in [0.05, 0.1) is 16.4 Å². The van der Waals surface area contributed by atoms with Crippen LogP contribution in [0.5, 0.6) is 0 Å². The third-order valence-electron chi connectivity index (χ3n) is 3.36. The fourth-order valence-electron chi connectivity index (χ4n) is 2.22. The highest BCUT2D eigenvalue weighted by Crippen LogP contribution is 2.35. The van der Waals surface area contributed by atoms with Crippen LogP contribution in [0.2, 0.25) is 0 Å². The minimum Gasteiger partial charge on any atom is -0.481 e. The van der Waals surface area contributed by atoms with E-state index in [2.05, 4.69) is 26.6 Å². The summed E-state index contributed by atoms with van der Waals surface area (Å²) in [5, 5.41) is 14.0. The second-order valence-electron chi connectivity index (χ2n) is 4.91. The standard InChI is InChI=1S/C13H14BrFN2O3/c14-9-3-2-8(6-10(9)15)16-12(20)17-13(4-1-5-13)7-11(18)19/h2-3,6H,1,4-5,7H2,(H,18,19)(H2,16,17,20). The normalized spacial score (nSPS) is 16.1.